The smallest absolute Gasteiger partial charge is 0.225 e. The Balaban J connectivity index is 2.29. The van der Waals surface area contributed by atoms with Gasteiger partial charge in [-0.05, 0) is 29.3 Å². The van der Waals surface area contributed by atoms with Gasteiger partial charge >= 0.3 is 0 Å². The summed E-state index contributed by atoms with van der Waals surface area (Å²) in [6.45, 7) is 4.55. The van der Waals surface area contributed by atoms with Crippen molar-refractivity contribution in [1.29, 1.82) is 0 Å². The third kappa shape index (κ3) is 3.19. The number of benzene rings is 1. The standard InChI is InChI=1S/C13H16ClN3O2S/c1-9(2)12-15-16-13(14)17(12)8-10-4-6-11(7-5-10)20(3,18)19/h4-7,9H,8H2,1-3H3. The lowest BCUT2D eigenvalue weighted by Crippen LogP contribution is -2.07. The van der Waals surface area contributed by atoms with E-state index in [4.69, 9.17) is 11.6 Å². The average molecular weight is 314 g/mol. The van der Waals surface area contributed by atoms with Gasteiger partial charge in [-0.2, -0.15) is 0 Å². The Labute approximate surface area is 123 Å². The third-order valence-electron chi connectivity index (χ3n) is 2.94. The summed E-state index contributed by atoms with van der Waals surface area (Å²) in [5.41, 5.74) is 0.945. The molecule has 1 heterocycles. The number of hydrogen-bond acceptors (Lipinski definition) is 4. The molecule has 0 aliphatic heterocycles. The van der Waals surface area contributed by atoms with E-state index in [0.717, 1.165) is 11.4 Å². The molecule has 0 radical (unpaired) electrons. The molecule has 0 unspecified atom stereocenters. The van der Waals surface area contributed by atoms with Crippen LogP contribution in [0.15, 0.2) is 29.2 Å². The number of halogens is 1. The summed E-state index contributed by atoms with van der Waals surface area (Å²) in [7, 11) is -3.17. The van der Waals surface area contributed by atoms with E-state index in [9.17, 15) is 8.42 Å². The largest absolute Gasteiger partial charge is 0.297 e. The molecule has 0 aliphatic carbocycles. The Morgan fingerprint density at radius 3 is 2.30 bits per heavy atom. The molecule has 7 heteroatoms. The Bertz CT molecular complexity index is 706. The lowest BCUT2D eigenvalue weighted by atomic mass is 10.2. The topological polar surface area (TPSA) is 64.8 Å². The predicted octanol–water partition coefficient (Wildman–Crippen LogP) is 2.51. The Hall–Kier alpha value is -1.40. The van der Waals surface area contributed by atoms with Crippen LogP contribution >= 0.6 is 11.6 Å². The second-order valence-corrected chi connectivity index (χ2v) is 7.34. The zero-order valence-corrected chi connectivity index (χ0v) is 13.1. The van der Waals surface area contributed by atoms with Crippen molar-refractivity contribution < 1.29 is 8.42 Å². The number of sulfone groups is 1. The monoisotopic (exact) mass is 313 g/mol. The van der Waals surface area contributed by atoms with Crippen LogP contribution in [0.25, 0.3) is 0 Å². The quantitative estimate of drug-likeness (QED) is 0.870. The molecule has 0 amide bonds. The summed E-state index contributed by atoms with van der Waals surface area (Å²) < 4.78 is 24.6. The molecule has 2 rings (SSSR count). The molecular formula is C13H16ClN3O2S. The minimum absolute atomic E-state index is 0.213. The molecule has 0 spiro atoms. The maximum absolute atomic E-state index is 11.4. The van der Waals surface area contributed by atoms with Crippen LogP contribution in [-0.2, 0) is 16.4 Å². The van der Waals surface area contributed by atoms with Crippen LogP contribution < -0.4 is 0 Å². The van der Waals surface area contributed by atoms with Gasteiger partial charge in [0, 0.05) is 12.2 Å². The molecule has 2 aromatic rings. The fourth-order valence-corrected chi connectivity index (χ4v) is 2.71. The number of rotatable bonds is 4. The van der Waals surface area contributed by atoms with E-state index in [2.05, 4.69) is 10.2 Å². The first kappa shape index (κ1) is 15.0. The van der Waals surface area contributed by atoms with Gasteiger partial charge in [0.2, 0.25) is 5.28 Å². The van der Waals surface area contributed by atoms with Crippen molar-refractivity contribution in [2.75, 3.05) is 6.26 Å². The van der Waals surface area contributed by atoms with Crippen molar-refractivity contribution in [3.05, 3.63) is 40.9 Å². The predicted molar refractivity (Wildman–Crippen MR) is 77.8 cm³/mol. The van der Waals surface area contributed by atoms with E-state index in [0.29, 0.717) is 16.7 Å². The molecule has 108 valence electrons. The van der Waals surface area contributed by atoms with Gasteiger partial charge in [0.25, 0.3) is 0 Å². The lowest BCUT2D eigenvalue weighted by Gasteiger charge is -2.10. The first-order valence-corrected chi connectivity index (χ1v) is 8.43. The van der Waals surface area contributed by atoms with Gasteiger partial charge in [-0.1, -0.05) is 26.0 Å². The maximum atomic E-state index is 11.4. The summed E-state index contributed by atoms with van der Waals surface area (Å²) in [4.78, 5) is 0.306. The highest BCUT2D eigenvalue weighted by molar-refractivity contribution is 7.90. The van der Waals surface area contributed by atoms with Crippen molar-refractivity contribution in [2.24, 2.45) is 0 Å². The summed E-state index contributed by atoms with van der Waals surface area (Å²) >= 11 is 6.04. The first-order valence-electron chi connectivity index (χ1n) is 6.16. The van der Waals surface area contributed by atoms with E-state index in [1.165, 1.54) is 6.26 Å². The van der Waals surface area contributed by atoms with E-state index in [1.54, 1.807) is 24.3 Å². The summed E-state index contributed by atoms with van der Waals surface area (Å²) in [5, 5.41) is 8.26. The molecule has 0 saturated carbocycles. The first-order chi connectivity index (χ1) is 9.29. The van der Waals surface area contributed by atoms with Crippen LogP contribution in [0, 0.1) is 0 Å². The van der Waals surface area contributed by atoms with Crippen LogP contribution in [-0.4, -0.2) is 29.4 Å². The molecule has 1 aromatic carbocycles. The molecule has 0 N–H and O–H groups in total. The third-order valence-corrected chi connectivity index (χ3v) is 4.35. The Morgan fingerprint density at radius 1 is 1.20 bits per heavy atom. The maximum Gasteiger partial charge on any atom is 0.225 e. The number of hydrogen-bond donors (Lipinski definition) is 0. The van der Waals surface area contributed by atoms with Gasteiger partial charge in [0.1, 0.15) is 5.82 Å². The molecule has 0 fully saturated rings. The van der Waals surface area contributed by atoms with Crippen molar-refractivity contribution in [3.63, 3.8) is 0 Å². The van der Waals surface area contributed by atoms with E-state index >= 15 is 0 Å². The molecule has 0 aliphatic rings. The fourth-order valence-electron chi connectivity index (χ4n) is 1.89. The fraction of sp³-hybridized carbons (Fsp3) is 0.385. The zero-order valence-electron chi connectivity index (χ0n) is 11.5. The van der Waals surface area contributed by atoms with Crippen molar-refractivity contribution in [2.45, 2.75) is 31.2 Å². The van der Waals surface area contributed by atoms with Gasteiger partial charge in [-0.3, -0.25) is 4.57 Å². The van der Waals surface area contributed by atoms with Crippen molar-refractivity contribution >= 4 is 21.4 Å². The highest BCUT2D eigenvalue weighted by Gasteiger charge is 2.14. The van der Waals surface area contributed by atoms with Gasteiger partial charge in [-0.15, -0.1) is 10.2 Å². The SMILES string of the molecule is CC(C)c1nnc(Cl)n1Cc1ccc(S(C)(=O)=O)cc1. The van der Waals surface area contributed by atoms with Gasteiger partial charge in [0.05, 0.1) is 11.4 Å². The van der Waals surface area contributed by atoms with Gasteiger partial charge in [-0.25, -0.2) is 8.42 Å². The Kier molecular flexibility index (Phi) is 4.15. The minimum atomic E-state index is -3.17. The summed E-state index contributed by atoms with van der Waals surface area (Å²) in [5.74, 6) is 1.02. The lowest BCUT2D eigenvalue weighted by molar-refractivity contribution is 0.602. The number of aromatic nitrogens is 3. The van der Waals surface area contributed by atoms with Crippen molar-refractivity contribution in [3.8, 4) is 0 Å². The van der Waals surface area contributed by atoms with Crippen molar-refractivity contribution in [1.82, 2.24) is 14.8 Å². The molecular weight excluding hydrogens is 298 g/mol. The van der Waals surface area contributed by atoms with E-state index in [1.807, 2.05) is 18.4 Å². The molecule has 5 nitrogen and oxygen atoms in total. The summed E-state index contributed by atoms with van der Waals surface area (Å²) in [6, 6.07) is 6.74. The molecule has 0 bridgehead atoms. The normalized spacial score (nSPS) is 12.1. The summed E-state index contributed by atoms with van der Waals surface area (Å²) in [6.07, 6.45) is 1.19. The molecule has 1 aromatic heterocycles. The van der Waals surface area contributed by atoms with Crippen LogP contribution in [0.2, 0.25) is 5.28 Å². The van der Waals surface area contributed by atoms with Crippen LogP contribution in [0.5, 0.6) is 0 Å². The van der Waals surface area contributed by atoms with E-state index in [-0.39, 0.29) is 5.92 Å². The van der Waals surface area contributed by atoms with Gasteiger partial charge in [0.15, 0.2) is 9.84 Å². The van der Waals surface area contributed by atoms with Crippen LogP contribution in [0.4, 0.5) is 0 Å². The molecule has 0 atom stereocenters. The highest BCUT2D eigenvalue weighted by atomic mass is 35.5. The van der Waals surface area contributed by atoms with Crippen LogP contribution in [0.1, 0.15) is 31.2 Å². The molecule has 20 heavy (non-hydrogen) atoms. The zero-order chi connectivity index (χ0) is 14.9. The number of nitrogens with zero attached hydrogens (tertiary/aromatic N) is 3. The molecule has 0 saturated heterocycles. The van der Waals surface area contributed by atoms with Crippen LogP contribution in [0.3, 0.4) is 0 Å². The Morgan fingerprint density at radius 2 is 1.80 bits per heavy atom. The average Bonchev–Trinajstić information content (AvgIpc) is 2.71. The second-order valence-electron chi connectivity index (χ2n) is 4.98. The minimum Gasteiger partial charge on any atom is -0.297 e. The van der Waals surface area contributed by atoms with E-state index < -0.39 is 9.84 Å². The van der Waals surface area contributed by atoms with Gasteiger partial charge < -0.3 is 0 Å². The highest BCUT2D eigenvalue weighted by Crippen LogP contribution is 2.19. The second kappa shape index (κ2) is 5.54.